The zero-order chi connectivity index (χ0) is 28.1. The Morgan fingerprint density at radius 3 is 2.23 bits per heavy atom. The van der Waals surface area contributed by atoms with Gasteiger partial charge in [-0.1, -0.05) is 66.4 Å². The van der Waals surface area contributed by atoms with Gasteiger partial charge in [0.15, 0.2) is 11.0 Å². The second-order valence-corrected chi connectivity index (χ2v) is 9.95. The second-order valence-electron chi connectivity index (χ2n) is 9.00. The van der Waals surface area contributed by atoms with E-state index >= 15 is 0 Å². The molecule has 10 heteroatoms. The first-order chi connectivity index (χ1) is 19.4. The summed E-state index contributed by atoms with van der Waals surface area (Å²) in [6, 6.07) is 28.9. The summed E-state index contributed by atoms with van der Waals surface area (Å²) in [7, 11) is 0. The smallest absolute Gasteiger partial charge is 0.269 e. The molecule has 1 atom stereocenters. The number of carbonyl (C=O) groups excluding carboxylic acids is 1. The molecule has 0 fully saturated rings. The molecule has 5 rings (SSSR count). The number of hydrogen-bond acceptors (Lipinski definition) is 6. The van der Waals surface area contributed by atoms with E-state index in [1.807, 2.05) is 42.5 Å². The standard InChI is InChI=1S/C30H24FN5O3S/c1-20(32-29(37)24-11-9-23(10-12-24)22-5-3-2-4-6-22)28-33-34-30(40-19-21-7-13-25(31)14-8-21)35(28)26-15-17-27(18-16-26)36(38)39/h2-18,20H,19H2,1H3,(H,32,37). The number of nitrogens with one attached hydrogen (secondary N) is 1. The number of rotatable bonds is 9. The van der Waals surface area contributed by atoms with E-state index in [2.05, 4.69) is 15.5 Å². The molecule has 0 saturated heterocycles. The van der Waals surface area contributed by atoms with E-state index in [0.29, 0.717) is 28.0 Å². The van der Waals surface area contributed by atoms with Gasteiger partial charge < -0.3 is 5.32 Å². The predicted octanol–water partition coefficient (Wildman–Crippen LogP) is 6.76. The van der Waals surface area contributed by atoms with E-state index in [1.54, 1.807) is 47.9 Å². The Labute approximate surface area is 234 Å². The van der Waals surface area contributed by atoms with Crippen molar-refractivity contribution < 1.29 is 14.1 Å². The van der Waals surface area contributed by atoms with E-state index in [1.165, 1.54) is 36.0 Å². The molecule has 40 heavy (non-hydrogen) atoms. The molecule has 0 aliphatic carbocycles. The van der Waals surface area contributed by atoms with Crippen molar-refractivity contribution in [3.05, 3.63) is 136 Å². The Hall–Kier alpha value is -4.83. The van der Waals surface area contributed by atoms with Crippen molar-refractivity contribution in [3.63, 3.8) is 0 Å². The molecule has 0 radical (unpaired) electrons. The number of thioether (sulfide) groups is 1. The summed E-state index contributed by atoms with van der Waals surface area (Å²) < 4.78 is 15.1. The van der Waals surface area contributed by atoms with Crippen molar-refractivity contribution in [2.75, 3.05) is 0 Å². The van der Waals surface area contributed by atoms with Crippen LogP contribution in [0.4, 0.5) is 10.1 Å². The third kappa shape index (κ3) is 6.08. The average Bonchev–Trinajstić information content (AvgIpc) is 3.41. The van der Waals surface area contributed by atoms with Gasteiger partial charge in [0.2, 0.25) is 0 Å². The van der Waals surface area contributed by atoms with Gasteiger partial charge in [-0.25, -0.2) is 4.39 Å². The van der Waals surface area contributed by atoms with Crippen LogP contribution in [0, 0.1) is 15.9 Å². The van der Waals surface area contributed by atoms with Crippen LogP contribution in [0.5, 0.6) is 0 Å². The maximum Gasteiger partial charge on any atom is 0.269 e. The van der Waals surface area contributed by atoms with Crippen molar-refractivity contribution in [1.29, 1.82) is 0 Å². The topological polar surface area (TPSA) is 103 Å². The summed E-state index contributed by atoms with van der Waals surface area (Å²) in [4.78, 5) is 23.8. The largest absolute Gasteiger partial charge is 0.342 e. The number of halogens is 1. The summed E-state index contributed by atoms with van der Waals surface area (Å²) in [6.07, 6.45) is 0. The molecular weight excluding hydrogens is 529 g/mol. The van der Waals surface area contributed by atoms with E-state index in [4.69, 9.17) is 0 Å². The molecule has 1 heterocycles. The Morgan fingerprint density at radius 1 is 0.925 bits per heavy atom. The summed E-state index contributed by atoms with van der Waals surface area (Å²) in [6.45, 7) is 1.80. The van der Waals surface area contributed by atoms with Gasteiger partial charge in [-0.15, -0.1) is 10.2 Å². The number of carbonyl (C=O) groups is 1. The number of nitrogens with zero attached hydrogens (tertiary/aromatic N) is 4. The molecule has 1 unspecified atom stereocenters. The third-order valence-electron chi connectivity index (χ3n) is 6.25. The molecule has 0 aliphatic heterocycles. The highest BCUT2D eigenvalue weighted by atomic mass is 32.2. The summed E-state index contributed by atoms with van der Waals surface area (Å²) in [5, 5.41) is 23.4. The summed E-state index contributed by atoms with van der Waals surface area (Å²) in [5.74, 6) is 0.375. The van der Waals surface area contributed by atoms with E-state index < -0.39 is 11.0 Å². The fourth-order valence-electron chi connectivity index (χ4n) is 4.14. The van der Waals surface area contributed by atoms with Gasteiger partial charge in [0, 0.05) is 29.1 Å². The molecule has 1 aromatic heterocycles. The van der Waals surface area contributed by atoms with Crippen LogP contribution in [0.3, 0.4) is 0 Å². The Morgan fingerprint density at radius 2 is 1.57 bits per heavy atom. The fraction of sp³-hybridized carbons (Fsp3) is 0.100. The van der Waals surface area contributed by atoms with Gasteiger partial charge in [0.05, 0.1) is 11.0 Å². The van der Waals surface area contributed by atoms with Crippen LogP contribution in [0.1, 0.15) is 34.7 Å². The number of amides is 1. The normalized spacial score (nSPS) is 11.7. The van der Waals surface area contributed by atoms with Crippen LogP contribution in [-0.4, -0.2) is 25.6 Å². The fourth-order valence-corrected chi connectivity index (χ4v) is 5.05. The van der Waals surface area contributed by atoms with Crippen LogP contribution < -0.4 is 5.32 Å². The first-order valence-electron chi connectivity index (χ1n) is 12.4. The number of benzene rings is 4. The molecule has 1 N–H and O–H groups in total. The highest BCUT2D eigenvalue weighted by molar-refractivity contribution is 7.98. The maximum absolute atomic E-state index is 13.3. The molecule has 5 aromatic rings. The van der Waals surface area contributed by atoms with Crippen LogP contribution in [-0.2, 0) is 5.75 Å². The molecule has 1 amide bonds. The van der Waals surface area contributed by atoms with E-state index in [-0.39, 0.29) is 17.4 Å². The predicted molar refractivity (Wildman–Crippen MR) is 152 cm³/mol. The van der Waals surface area contributed by atoms with Crippen molar-refractivity contribution in [1.82, 2.24) is 20.1 Å². The average molecular weight is 554 g/mol. The minimum Gasteiger partial charge on any atom is -0.342 e. The van der Waals surface area contributed by atoms with E-state index in [0.717, 1.165) is 16.7 Å². The molecule has 0 spiro atoms. The monoisotopic (exact) mass is 553 g/mol. The molecule has 4 aromatic carbocycles. The minimum atomic E-state index is -0.538. The molecule has 0 aliphatic rings. The zero-order valence-corrected chi connectivity index (χ0v) is 22.2. The molecule has 0 bridgehead atoms. The van der Waals surface area contributed by atoms with Crippen molar-refractivity contribution in [3.8, 4) is 16.8 Å². The lowest BCUT2D eigenvalue weighted by molar-refractivity contribution is -0.384. The van der Waals surface area contributed by atoms with Gasteiger partial charge in [-0.3, -0.25) is 19.5 Å². The third-order valence-corrected chi connectivity index (χ3v) is 7.25. The quantitative estimate of drug-likeness (QED) is 0.123. The molecular formula is C30H24FN5O3S. The number of non-ortho nitro benzene ring substituents is 1. The second kappa shape index (κ2) is 11.9. The van der Waals surface area contributed by atoms with Crippen LogP contribution in [0.2, 0.25) is 0 Å². The Balaban J connectivity index is 1.39. The number of nitro groups is 1. The lowest BCUT2D eigenvalue weighted by Gasteiger charge is -2.16. The lowest BCUT2D eigenvalue weighted by atomic mass is 10.0. The van der Waals surface area contributed by atoms with Crippen molar-refractivity contribution in [2.45, 2.75) is 23.9 Å². The molecule has 0 saturated carbocycles. The summed E-state index contributed by atoms with van der Waals surface area (Å²) in [5.41, 5.74) is 4.03. The molecule has 8 nitrogen and oxygen atoms in total. The number of aromatic nitrogens is 3. The Bertz CT molecular complexity index is 1620. The maximum atomic E-state index is 13.3. The van der Waals surface area contributed by atoms with Crippen molar-refractivity contribution >= 4 is 23.4 Å². The van der Waals surface area contributed by atoms with Crippen LogP contribution in [0.25, 0.3) is 16.8 Å². The van der Waals surface area contributed by atoms with Crippen molar-refractivity contribution in [2.24, 2.45) is 0 Å². The highest BCUT2D eigenvalue weighted by Gasteiger charge is 2.22. The van der Waals surface area contributed by atoms with E-state index in [9.17, 15) is 19.3 Å². The van der Waals surface area contributed by atoms with Gasteiger partial charge in [-0.2, -0.15) is 0 Å². The van der Waals surface area contributed by atoms with Gasteiger partial charge in [0.1, 0.15) is 5.82 Å². The first kappa shape index (κ1) is 26.8. The first-order valence-corrected chi connectivity index (χ1v) is 13.4. The van der Waals surface area contributed by atoms with Crippen LogP contribution in [0.15, 0.2) is 108 Å². The number of hydrogen-bond donors (Lipinski definition) is 1. The van der Waals surface area contributed by atoms with Gasteiger partial charge in [0.25, 0.3) is 11.6 Å². The van der Waals surface area contributed by atoms with Gasteiger partial charge >= 0.3 is 0 Å². The highest BCUT2D eigenvalue weighted by Crippen LogP contribution is 2.29. The Kier molecular flexibility index (Phi) is 7.97. The molecule has 200 valence electrons. The van der Waals surface area contributed by atoms with Crippen LogP contribution >= 0.6 is 11.8 Å². The lowest BCUT2D eigenvalue weighted by Crippen LogP contribution is -2.28. The minimum absolute atomic E-state index is 0.0424. The summed E-state index contributed by atoms with van der Waals surface area (Å²) >= 11 is 1.38. The SMILES string of the molecule is CC(NC(=O)c1ccc(-c2ccccc2)cc1)c1nnc(SCc2ccc(F)cc2)n1-c1ccc([N+](=O)[O-])cc1. The van der Waals surface area contributed by atoms with Gasteiger partial charge in [-0.05, 0) is 60.0 Å². The number of nitro benzene ring substituents is 1. The zero-order valence-electron chi connectivity index (χ0n) is 21.4.